The number of hydrogen-bond acceptors (Lipinski definition) is 4. The lowest BCUT2D eigenvalue weighted by Crippen LogP contribution is -2.01. The van der Waals surface area contributed by atoms with Gasteiger partial charge in [0.05, 0.1) is 17.8 Å². The molecule has 0 aliphatic rings. The molecule has 0 fully saturated rings. The van der Waals surface area contributed by atoms with Crippen molar-refractivity contribution in [2.75, 3.05) is 0 Å². The number of nitrogens with zero attached hydrogens (tertiary/aromatic N) is 3. The van der Waals surface area contributed by atoms with Crippen LogP contribution in [0.3, 0.4) is 0 Å². The Kier molecular flexibility index (Phi) is 2.97. The fraction of sp³-hybridized carbons (Fsp3) is 0.100. The van der Waals surface area contributed by atoms with Gasteiger partial charge in [0.2, 0.25) is 0 Å². The van der Waals surface area contributed by atoms with Crippen molar-refractivity contribution in [3.8, 4) is 5.75 Å². The summed E-state index contributed by atoms with van der Waals surface area (Å²) in [6.07, 6.45) is 1.38. The van der Waals surface area contributed by atoms with Gasteiger partial charge in [-0.3, -0.25) is 0 Å². The maximum absolute atomic E-state index is 10.5. The summed E-state index contributed by atoms with van der Waals surface area (Å²) in [5, 5.41) is 23.6. The van der Waals surface area contributed by atoms with Crippen LogP contribution in [0.4, 0.5) is 5.82 Å². The van der Waals surface area contributed by atoms with Crippen molar-refractivity contribution in [1.82, 2.24) is 9.78 Å². The summed E-state index contributed by atoms with van der Waals surface area (Å²) in [6, 6.07) is 6.56. The van der Waals surface area contributed by atoms with E-state index < -0.39 is 4.92 Å². The van der Waals surface area contributed by atoms with Crippen LogP contribution in [-0.4, -0.2) is 19.8 Å². The minimum absolute atomic E-state index is 0.00449. The van der Waals surface area contributed by atoms with Gasteiger partial charge in [-0.2, -0.15) is 4.68 Å². The Labute approximate surface area is 101 Å². The average Bonchev–Trinajstić information content (AvgIpc) is 2.59. The third-order valence-corrected chi connectivity index (χ3v) is 2.39. The van der Waals surface area contributed by atoms with Crippen molar-refractivity contribution >= 4 is 17.4 Å². The van der Waals surface area contributed by atoms with Crippen LogP contribution in [0.2, 0.25) is 5.02 Å². The highest BCUT2D eigenvalue weighted by atomic mass is 35.5. The molecule has 1 heterocycles. The highest BCUT2D eigenvalue weighted by Crippen LogP contribution is 2.22. The van der Waals surface area contributed by atoms with Crippen molar-refractivity contribution in [2.45, 2.75) is 6.54 Å². The Morgan fingerprint density at radius 2 is 2.29 bits per heavy atom. The zero-order chi connectivity index (χ0) is 12.4. The monoisotopic (exact) mass is 253 g/mol. The number of rotatable bonds is 3. The SMILES string of the molecule is O=[N+]([O-])c1nn(Cc2cccc(O)c2)cc1Cl. The van der Waals surface area contributed by atoms with E-state index in [4.69, 9.17) is 11.6 Å². The standard InChI is InChI=1S/C10H8ClN3O3/c11-9-6-13(12-10(9)14(16)17)5-7-2-1-3-8(15)4-7/h1-4,6,15H,5H2. The van der Waals surface area contributed by atoms with Crippen LogP contribution in [0.1, 0.15) is 5.56 Å². The molecule has 0 atom stereocenters. The lowest BCUT2D eigenvalue weighted by Gasteiger charge is -1.98. The Morgan fingerprint density at radius 1 is 1.53 bits per heavy atom. The fourth-order valence-corrected chi connectivity index (χ4v) is 1.65. The molecule has 2 rings (SSSR count). The summed E-state index contributed by atoms with van der Waals surface area (Å²) in [5.41, 5.74) is 0.777. The average molecular weight is 254 g/mol. The zero-order valence-electron chi connectivity index (χ0n) is 8.58. The van der Waals surface area contributed by atoms with Crippen LogP contribution >= 0.6 is 11.6 Å². The third-order valence-electron chi connectivity index (χ3n) is 2.13. The molecule has 1 aromatic carbocycles. The lowest BCUT2D eigenvalue weighted by molar-refractivity contribution is -0.389. The van der Waals surface area contributed by atoms with Crippen LogP contribution in [0, 0.1) is 10.1 Å². The molecule has 0 amide bonds. The number of benzene rings is 1. The van der Waals surface area contributed by atoms with E-state index in [0.29, 0.717) is 6.54 Å². The van der Waals surface area contributed by atoms with E-state index in [0.717, 1.165) is 5.56 Å². The topological polar surface area (TPSA) is 81.2 Å². The fourth-order valence-electron chi connectivity index (χ4n) is 1.43. The highest BCUT2D eigenvalue weighted by molar-refractivity contribution is 6.32. The molecule has 0 aliphatic heterocycles. The van der Waals surface area contributed by atoms with Gasteiger partial charge in [-0.25, -0.2) is 0 Å². The van der Waals surface area contributed by atoms with E-state index in [1.54, 1.807) is 24.3 Å². The maximum Gasteiger partial charge on any atom is 0.408 e. The van der Waals surface area contributed by atoms with Crippen molar-refractivity contribution in [2.24, 2.45) is 0 Å². The molecule has 2 aromatic rings. The predicted molar refractivity (Wildman–Crippen MR) is 61.1 cm³/mol. The first-order valence-corrected chi connectivity index (χ1v) is 5.09. The van der Waals surface area contributed by atoms with Gasteiger partial charge in [0.15, 0.2) is 5.02 Å². The molecular weight excluding hydrogens is 246 g/mol. The molecule has 1 N–H and O–H groups in total. The van der Waals surface area contributed by atoms with E-state index in [1.165, 1.54) is 10.9 Å². The molecule has 17 heavy (non-hydrogen) atoms. The van der Waals surface area contributed by atoms with E-state index in [-0.39, 0.29) is 16.6 Å². The Morgan fingerprint density at radius 3 is 2.88 bits per heavy atom. The van der Waals surface area contributed by atoms with Crippen molar-refractivity contribution < 1.29 is 10.0 Å². The minimum atomic E-state index is -0.638. The van der Waals surface area contributed by atoms with E-state index in [2.05, 4.69) is 5.10 Å². The number of hydrogen-bond donors (Lipinski definition) is 1. The molecule has 0 radical (unpaired) electrons. The Bertz CT molecular complexity index is 568. The molecule has 0 spiro atoms. The number of nitro groups is 1. The van der Waals surface area contributed by atoms with Gasteiger partial charge in [-0.1, -0.05) is 23.7 Å². The summed E-state index contributed by atoms with van der Waals surface area (Å²) in [6.45, 7) is 0.307. The van der Waals surface area contributed by atoms with E-state index in [1.807, 2.05) is 0 Å². The van der Waals surface area contributed by atoms with Crippen LogP contribution in [-0.2, 0) is 6.54 Å². The van der Waals surface area contributed by atoms with Crippen molar-refractivity contribution in [3.63, 3.8) is 0 Å². The molecule has 0 saturated heterocycles. The van der Waals surface area contributed by atoms with Gasteiger partial charge in [-0.15, -0.1) is 0 Å². The number of phenols is 1. The number of aromatic hydroxyl groups is 1. The van der Waals surface area contributed by atoms with Crippen molar-refractivity contribution in [3.05, 3.63) is 51.2 Å². The van der Waals surface area contributed by atoms with E-state index in [9.17, 15) is 15.2 Å². The van der Waals surface area contributed by atoms with Crippen LogP contribution < -0.4 is 0 Å². The quantitative estimate of drug-likeness (QED) is 0.672. The molecule has 0 aliphatic carbocycles. The molecule has 0 saturated carbocycles. The first-order valence-electron chi connectivity index (χ1n) is 4.71. The second kappa shape index (κ2) is 4.42. The number of aromatic nitrogens is 2. The zero-order valence-corrected chi connectivity index (χ0v) is 9.33. The van der Waals surface area contributed by atoms with E-state index >= 15 is 0 Å². The lowest BCUT2D eigenvalue weighted by atomic mass is 10.2. The maximum atomic E-state index is 10.5. The molecule has 88 valence electrons. The third kappa shape index (κ3) is 2.54. The molecule has 0 bridgehead atoms. The summed E-state index contributed by atoms with van der Waals surface area (Å²) in [7, 11) is 0. The summed E-state index contributed by atoms with van der Waals surface area (Å²) in [4.78, 5) is 9.91. The molecule has 6 nitrogen and oxygen atoms in total. The smallest absolute Gasteiger partial charge is 0.408 e. The van der Waals surface area contributed by atoms with Crippen molar-refractivity contribution in [1.29, 1.82) is 0 Å². The Hall–Kier alpha value is -2.08. The molecular formula is C10H8ClN3O3. The van der Waals surface area contributed by atoms with Gasteiger partial charge >= 0.3 is 5.82 Å². The summed E-state index contributed by atoms with van der Waals surface area (Å²) < 4.78 is 1.36. The second-order valence-electron chi connectivity index (χ2n) is 3.43. The van der Waals surface area contributed by atoms with Crippen LogP contribution in [0.25, 0.3) is 0 Å². The first-order chi connectivity index (χ1) is 8.06. The molecule has 0 unspecified atom stereocenters. The second-order valence-corrected chi connectivity index (χ2v) is 3.83. The van der Waals surface area contributed by atoms with Gasteiger partial charge < -0.3 is 15.2 Å². The van der Waals surface area contributed by atoms with Crippen LogP contribution in [0.5, 0.6) is 5.75 Å². The van der Waals surface area contributed by atoms with Crippen LogP contribution in [0.15, 0.2) is 30.5 Å². The minimum Gasteiger partial charge on any atom is -0.508 e. The van der Waals surface area contributed by atoms with Gasteiger partial charge in [0.25, 0.3) is 0 Å². The Balaban J connectivity index is 2.25. The molecule has 7 heteroatoms. The predicted octanol–water partition coefficient (Wildman–Crippen LogP) is 2.20. The number of phenolic OH excluding ortho intramolecular Hbond substituents is 1. The molecule has 1 aromatic heterocycles. The first kappa shape index (κ1) is 11.4. The summed E-state index contributed by atoms with van der Waals surface area (Å²) in [5.74, 6) is -0.234. The highest BCUT2D eigenvalue weighted by Gasteiger charge is 2.18. The van der Waals surface area contributed by atoms with Gasteiger partial charge in [0, 0.05) is 0 Å². The normalized spacial score (nSPS) is 10.4. The summed E-state index contributed by atoms with van der Waals surface area (Å²) >= 11 is 5.66. The largest absolute Gasteiger partial charge is 0.508 e. The van der Waals surface area contributed by atoms with Gasteiger partial charge in [-0.05, 0) is 22.6 Å². The van der Waals surface area contributed by atoms with Gasteiger partial charge in [0.1, 0.15) is 5.75 Å². The number of halogens is 1.